The lowest BCUT2D eigenvalue weighted by Gasteiger charge is -2.34. The van der Waals surface area contributed by atoms with Crippen LogP contribution in [0.25, 0.3) is 11.0 Å². The third-order valence-electron chi connectivity index (χ3n) is 6.33. The Labute approximate surface area is 180 Å². The van der Waals surface area contributed by atoms with E-state index in [0.29, 0.717) is 6.54 Å². The van der Waals surface area contributed by atoms with Crippen LogP contribution in [0, 0.1) is 5.82 Å². The first-order valence-electron chi connectivity index (χ1n) is 10.4. The molecule has 0 spiro atoms. The van der Waals surface area contributed by atoms with Crippen LogP contribution >= 0.6 is 0 Å². The summed E-state index contributed by atoms with van der Waals surface area (Å²) in [6, 6.07) is 9.93. The van der Waals surface area contributed by atoms with Gasteiger partial charge in [0.1, 0.15) is 11.5 Å². The van der Waals surface area contributed by atoms with Crippen molar-refractivity contribution in [3.05, 3.63) is 65.2 Å². The molecule has 0 fully saturated rings. The summed E-state index contributed by atoms with van der Waals surface area (Å²) in [7, 11) is 3.22. The number of amides is 1. The summed E-state index contributed by atoms with van der Waals surface area (Å²) in [4.78, 5) is 31.5. The smallest absolute Gasteiger partial charge is 0.310 e. The lowest BCUT2D eigenvalue weighted by atomic mass is 9.96. The Kier molecular flexibility index (Phi) is 5.76. The van der Waals surface area contributed by atoms with E-state index in [4.69, 9.17) is 4.74 Å². The van der Waals surface area contributed by atoms with Gasteiger partial charge in [0.2, 0.25) is 5.91 Å². The minimum absolute atomic E-state index is 0.000682. The SMILES string of the molecule is COC(=O)Cc1c2n(c3ncccc13)C[C@H](N(C)C(=O)[C@@H](C)c1ccc(F)cc1)CC2. The molecule has 0 aliphatic carbocycles. The average Bonchev–Trinajstić information content (AvgIpc) is 3.11. The molecule has 0 bridgehead atoms. The number of carbonyl (C=O) groups is 2. The van der Waals surface area contributed by atoms with Gasteiger partial charge in [-0.25, -0.2) is 9.37 Å². The van der Waals surface area contributed by atoms with Gasteiger partial charge >= 0.3 is 5.97 Å². The zero-order valence-electron chi connectivity index (χ0n) is 18.0. The van der Waals surface area contributed by atoms with E-state index in [2.05, 4.69) is 9.55 Å². The number of nitrogens with zero attached hydrogens (tertiary/aromatic N) is 3. The molecule has 4 rings (SSSR count). The number of ether oxygens (including phenoxy) is 1. The van der Waals surface area contributed by atoms with Gasteiger partial charge in [-0.15, -0.1) is 0 Å². The van der Waals surface area contributed by atoms with Crippen LogP contribution in [-0.2, 0) is 33.7 Å². The molecular formula is C24H26FN3O3. The van der Waals surface area contributed by atoms with E-state index >= 15 is 0 Å². The van der Waals surface area contributed by atoms with E-state index in [1.807, 2.05) is 26.1 Å². The van der Waals surface area contributed by atoms with Crippen molar-refractivity contribution in [2.75, 3.05) is 14.2 Å². The number of methoxy groups -OCH3 is 1. The lowest BCUT2D eigenvalue weighted by molar-refractivity contribution is -0.139. The quantitative estimate of drug-likeness (QED) is 0.590. The summed E-state index contributed by atoms with van der Waals surface area (Å²) in [5.74, 6) is -0.950. The molecule has 3 heterocycles. The molecule has 6 nitrogen and oxygen atoms in total. The predicted molar refractivity (Wildman–Crippen MR) is 115 cm³/mol. The minimum atomic E-state index is -0.360. The molecular weight excluding hydrogens is 397 g/mol. The van der Waals surface area contributed by atoms with Crippen LogP contribution < -0.4 is 0 Å². The standard InChI is InChI=1S/C24H26FN3O3/c1-15(16-6-8-17(25)9-7-16)24(30)27(2)18-10-11-21-20(13-22(29)31-3)19-5-4-12-26-23(19)28(21)14-18/h4-9,12,15,18H,10-11,13-14H2,1-3H3/t15-,18+/m0/s1. The van der Waals surface area contributed by atoms with E-state index in [9.17, 15) is 14.0 Å². The van der Waals surface area contributed by atoms with E-state index in [1.54, 1.807) is 23.2 Å². The van der Waals surface area contributed by atoms with E-state index in [-0.39, 0.29) is 36.1 Å². The number of benzene rings is 1. The number of fused-ring (bicyclic) bond motifs is 3. The maximum atomic E-state index is 13.2. The van der Waals surface area contributed by atoms with Crippen LogP contribution in [0.15, 0.2) is 42.6 Å². The maximum Gasteiger partial charge on any atom is 0.310 e. The zero-order valence-corrected chi connectivity index (χ0v) is 18.0. The first-order chi connectivity index (χ1) is 14.9. The molecule has 1 aliphatic heterocycles. The van der Waals surface area contributed by atoms with Crippen molar-refractivity contribution in [3.63, 3.8) is 0 Å². The maximum absolute atomic E-state index is 13.2. The summed E-state index contributed by atoms with van der Waals surface area (Å²) < 4.78 is 20.3. The number of esters is 1. The number of hydrogen-bond acceptors (Lipinski definition) is 4. The molecule has 2 aromatic heterocycles. The van der Waals surface area contributed by atoms with Gasteiger partial charge in [0.15, 0.2) is 0 Å². The Morgan fingerprint density at radius 3 is 2.74 bits per heavy atom. The number of pyridine rings is 1. The summed E-state index contributed by atoms with van der Waals surface area (Å²) in [5, 5.41) is 0.956. The molecule has 0 saturated carbocycles. The number of halogens is 1. The highest BCUT2D eigenvalue weighted by atomic mass is 19.1. The second-order valence-corrected chi connectivity index (χ2v) is 8.08. The lowest BCUT2D eigenvalue weighted by Crippen LogP contribution is -2.44. The Hall–Kier alpha value is -3.22. The summed E-state index contributed by atoms with van der Waals surface area (Å²) in [5.41, 5.74) is 3.67. The predicted octanol–water partition coefficient (Wildman–Crippen LogP) is 3.47. The topological polar surface area (TPSA) is 64.4 Å². The van der Waals surface area contributed by atoms with Crippen molar-refractivity contribution >= 4 is 22.9 Å². The molecule has 0 N–H and O–H groups in total. The average molecular weight is 423 g/mol. The van der Waals surface area contributed by atoms with Crippen LogP contribution in [0.3, 0.4) is 0 Å². The van der Waals surface area contributed by atoms with Gasteiger partial charge in [0, 0.05) is 36.9 Å². The highest BCUT2D eigenvalue weighted by molar-refractivity contribution is 5.87. The summed E-state index contributed by atoms with van der Waals surface area (Å²) in [6.45, 7) is 2.46. The molecule has 1 aromatic carbocycles. The van der Waals surface area contributed by atoms with E-state index in [1.165, 1.54) is 19.2 Å². The monoisotopic (exact) mass is 423 g/mol. The van der Waals surface area contributed by atoms with Crippen molar-refractivity contribution in [1.29, 1.82) is 0 Å². The van der Waals surface area contributed by atoms with Gasteiger partial charge in [-0.05, 0) is 55.2 Å². The Bertz CT molecular complexity index is 1120. The third-order valence-corrected chi connectivity index (χ3v) is 6.33. The number of rotatable bonds is 5. The van der Waals surface area contributed by atoms with Gasteiger partial charge in [0.25, 0.3) is 0 Å². The van der Waals surface area contributed by atoms with Crippen molar-refractivity contribution < 1.29 is 18.7 Å². The molecule has 1 aliphatic rings. The zero-order chi connectivity index (χ0) is 22.1. The van der Waals surface area contributed by atoms with Crippen LogP contribution in [0.2, 0.25) is 0 Å². The van der Waals surface area contributed by atoms with Gasteiger partial charge in [-0.3, -0.25) is 9.59 Å². The molecule has 0 radical (unpaired) electrons. The highest BCUT2D eigenvalue weighted by Crippen LogP contribution is 2.32. The molecule has 1 amide bonds. The Morgan fingerprint density at radius 2 is 2.03 bits per heavy atom. The van der Waals surface area contributed by atoms with Gasteiger partial charge < -0.3 is 14.2 Å². The largest absolute Gasteiger partial charge is 0.469 e. The number of aromatic nitrogens is 2. The number of hydrogen-bond donors (Lipinski definition) is 0. The molecule has 0 unspecified atom stereocenters. The second-order valence-electron chi connectivity index (χ2n) is 8.08. The van der Waals surface area contributed by atoms with Crippen molar-refractivity contribution in [3.8, 4) is 0 Å². The van der Waals surface area contributed by atoms with Crippen molar-refractivity contribution in [2.24, 2.45) is 0 Å². The Balaban J connectivity index is 1.59. The number of likely N-dealkylation sites (N-methyl/N-ethyl adjacent to an activating group) is 1. The first kappa shape index (κ1) is 21.0. The third kappa shape index (κ3) is 3.92. The summed E-state index contributed by atoms with van der Waals surface area (Å²) in [6.07, 6.45) is 3.49. The van der Waals surface area contributed by atoms with E-state index < -0.39 is 0 Å². The molecule has 162 valence electrons. The molecule has 2 atom stereocenters. The van der Waals surface area contributed by atoms with Gasteiger partial charge in [-0.1, -0.05) is 12.1 Å². The minimum Gasteiger partial charge on any atom is -0.469 e. The Morgan fingerprint density at radius 1 is 1.29 bits per heavy atom. The molecule has 31 heavy (non-hydrogen) atoms. The van der Waals surface area contributed by atoms with Crippen molar-refractivity contribution in [1.82, 2.24) is 14.5 Å². The number of carbonyl (C=O) groups excluding carboxylic acids is 2. The fourth-order valence-corrected chi connectivity index (χ4v) is 4.49. The van der Waals surface area contributed by atoms with Gasteiger partial charge in [-0.2, -0.15) is 0 Å². The van der Waals surface area contributed by atoms with Crippen LogP contribution in [-0.4, -0.2) is 46.5 Å². The normalized spacial score (nSPS) is 16.6. The second kappa shape index (κ2) is 8.49. The van der Waals surface area contributed by atoms with E-state index in [0.717, 1.165) is 40.7 Å². The highest BCUT2D eigenvalue weighted by Gasteiger charge is 2.31. The van der Waals surface area contributed by atoms with Crippen LogP contribution in [0.4, 0.5) is 4.39 Å². The van der Waals surface area contributed by atoms with Gasteiger partial charge in [0.05, 0.1) is 19.4 Å². The fraction of sp³-hybridized carbons (Fsp3) is 0.375. The first-order valence-corrected chi connectivity index (χ1v) is 10.4. The molecule has 3 aromatic rings. The fourth-order valence-electron chi connectivity index (χ4n) is 4.49. The van der Waals surface area contributed by atoms with Crippen molar-refractivity contribution in [2.45, 2.75) is 44.7 Å². The molecule has 0 saturated heterocycles. The molecule has 7 heteroatoms. The van der Waals surface area contributed by atoms with Crippen LogP contribution in [0.1, 0.15) is 36.1 Å². The summed E-state index contributed by atoms with van der Waals surface area (Å²) >= 11 is 0. The van der Waals surface area contributed by atoms with Crippen LogP contribution in [0.5, 0.6) is 0 Å².